The topological polar surface area (TPSA) is 41.3 Å². The van der Waals surface area contributed by atoms with Gasteiger partial charge in [0.05, 0.1) is 24.2 Å². The molecule has 1 heterocycles. The van der Waals surface area contributed by atoms with E-state index >= 15 is 0 Å². The Bertz CT molecular complexity index is 786. The third-order valence-electron chi connectivity index (χ3n) is 3.97. The van der Waals surface area contributed by atoms with Gasteiger partial charge in [0.2, 0.25) is 0 Å². The van der Waals surface area contributed by atoms with Crippen molar-refractivity contribution >= 4 is 22.6 Å². The number of hydrogen-bond donors (Lipinski definition) is 1. The third kappa shape index (κ3) is 3.72. The number of aliphatic hydroxyl groups is 1. The molecule has 4 nitrogen and oxygen atoms in total. The molecular formula is C18H20ClN3O. The predicted molar refractivity (Wildman–Crippen MR) is 93.4 cm³/mol. The normalized spacial score (nSPS) is 11.5. The number of imidazole rings is 1. The van der Waals surface area contributed by atoms with E-state index in [-0.39, 0.29) is 6.61 Å². The minimum atomic E-state index is 0.128. The van der Waals surface area contributed by atoms with Gasteiger partial charge >= 0.3 is 0 Å². The van der Waals surface area contributed by atoms with Crippen LogP contribution < -0.4 is 0 Å². The number of aliphatic hydroxyl groups excluding tert-OH is 1. The summed E-state index contributed by atoms with van der Waals surface area (Å²) in [6.07, 6.45) is 0. The van der Waals surface area contributed by atoms with E-state index < -0.39 is 0 Å². The smallest absolute Gasteiger partial charge is 0.123 e. The first-order valence-electron chi connectivity index (χ1n) is 7.65. The average molecular weight is 330 g/mol. The molecule has 3 aromatic rings. The van der Waals surface area contributed by atoms with Gasteiger partial charge in [0.15, 0.2) is 0 Å². The van der Waals surface area contributed by atoms with Gasteiger partial charge < -0.3 is 9.67 Å². The lowest BCUT2D eigenvalue weighted by Gasteiger charge is -2.21. The van der Waals surface area contributed by atoms with Gasteiger partial charge in [0, 0.05) is 25.2 Å². The Balaban J connectivity index is 1.83. The second-order valence-electron chi connectivity index (χ2n) is 5.64. The maximum atomic E-state index is 9.35. The van der Waals surface area contributed by atoms with Gasteiger partial charge in [0.25, 0.3) is 0 Å². The van der Waals surface area contributed by atoms with Gasteiger partial charge in [-0.15, -0.1) is 0 Å². The Morgan fingerprint density at radius 2 is 1.91 bits per heavy atom. The van der Waals surface area contributed by atoms with E-state index in [1.165, 1.54) is 5.56 Å². The molecule has 23 heavy (non-hydrogen) atoms. The zero-order valence-electron chi connectivity index (χ0n) is 13.1. The molecule has 2 aromatic carbocycles. The van der Waals surface area contributed by atoms with Crippen molar-refractivity contribution in [2.24, 2.45) is 7.05 Å². The van der Waals surface area contributed by atoms with E-state index in [4.69, 9.17) is 16.6 Å². The highest BCUT2D eigenvalue weighted by atomic mass is 35.5. The lowest BCUT2D eigenvalue weighted by atomic mass is 10.2. The first-order chi connectivity index (χ1) is 11.2. The molecule has 5 heteroatoms. The lowest BCUT2D eigenvalue weighted by Crippen LogP contribution is -2.27. The van der Waals surface area contributed by atoms with Gasteiger partial charge in [-0.1, -0.05) is 41.9 Å². The summed E-state index contributed by atoms with van der Waals surface area (Å²) in [4.78, 5) is 6.88. The fourth-order valence-corrected chi connectivity index (χ4v) is 2.93. The molecule has 0 saturated carbocycles. The molecule has 0 saturated heterocycles. The van der Waals surface area contributed by atoms with Crippen molar-refractivity contribution in [3.05, 3.63) is 64.9 Å². The largest absolute Gasteiger partial charge is 0.395 e. The van der Waals surface area contributed by atoms with Crippen molar-refractivity contribution in [3.8, 4) is 0 Å². The monoisotopic (exact) mass is 329 g/mol. The number of fused-ring (bicyclic) bond motifs is 1. The highest BCUT2D eigenvalue weighted by molar-refractivity contribution is 6.31. The van der Waals surface area contributed by atoms with Crippen LogP contribution in [0.4, 0.5) is 0 Å². The van der Waals surface area contributed by atoms with Crippen LogP contribution in [-0.2, 0) is 20.1 Å². The maximum absolute atomic E-state index is 9.35. The van der Waals surface area contributed by atoms with E-state index in [1.54, 1.807) is 0 Å². The lowest BCUT2D eigenvalue weighted by molar-refractivity contribution is 0.180. The van der Waals surface area contributed by atoms with E-state index in [0.29, 0.717) is 18.1 Å². The fourth-order valence-electron chi connectivity index (χ4n) is 2.76. The maximum Gasteiger partial charge on any atom is 0.123 e. The second kappa shape index (κ2) is 7.13. The minimum Gasteiger partial charge on any atom is -0.395 e. The Morgan fingerprint density at radius 1 is 1.13 bits per heavy atom. The summed E-state index contributed by atoms with van der Waals surface area (Å²) in [5.74, 6) is 0.964. The van der Waals surface area contributed by atoms with Crippen molar-refractivity contribution in [1.82, 2.24) is 14.5 Å². The number of halogens is 1. The molecular weight excluding hydrogens is 310 g/mol. The van der Waals surface area contributed by atoms with Crippen LogP contribution in [0.1, 0.15) is 11.4 Å². The van der Waals surface area contributed by atoms with Crippen LogP contribution in [0.3, 0.4) is 0 Å². The molecule has 3 rings (SSSR count). The van der Waals surface area contributed by atoms with E-state index in [0.717, 1.165) is 23.4 Å². The number of aryl methyl sites for hydroxylation is 1. The molecule has 0 spiro atoms. The first kappa shape index (κ1) is 16.0. The van der Waals surface area contributed by atoms with Crippen molar-refractivity contribution in [2.75, 3.05) is 13.2 Å². The third-order valence-corrected chi connectivity index (χ3v) is 4.20. The van der Waals surface area contributed by atoms with Crippen LogP contribution in [0.5, 0.6) is 0 Å². The number of hydrogen-bond acceptors (Lipinski definition) is 3. The molecule has 1 aromatic heterocycles. The van der Waals surface area contributed by atoms with Crippen molar-refractivity contribution < 1.29 is 5.11 Å². The summed E-state index contributed by atoms with van der Waals surface area (Å²) in [6, 6.07) is 16.0. The molecule has 0 amide bonds. The van der Waals surface area contributed by atoms with Crippen LogP contribution in [0.25, 0.3) is 11.0 Å². The molecule has 0 aliphatic heterocycles. The van der Waals surface area contributed by atoms with Crippen molar-refractivity contribution in [1.29, 1.82) is 0 Å². The molecule has 0 bridgehead atoms. The summed E-state index contributed by atoms with van der Waals surface area (Å²) < 4.78 is 2.08. The van der Waals surface area contributed by atoms with Crippen LogP contribution in [-0.4, -0.2) is 32.7 Å². The molecule has 0 fully saturated rings. The summed E-state index contributed by atoms with van der Waals surface area (Å²) in [6.45, 7) is 2.20. The highest BCUT2D eigenvalue weighted by Crippen LogP contribution is 2.20. The molecule has 1 N–H and O–H groups in total. The highest BCUT2D eigenvalue weighted by Gasteiger charge is 2.13. The minimum absolute atomic E-state index is 0.128. The van der Waals surface area contributed by atoms with Gasteiger partial charge in [-0.2, -0.15) is 0 Å². The zero-order chi connectivity index (χ0) is 16.2. The zero-order valence-corrected chi connectivity index (χ0v) is 13.9. The number of nitrogens with zero attached hydrogens (tertiary/aromatic N) is 3. The van der Waals surface area contributed by atoms with Crippen molar-refractivity contribution in [3.63, 3.8) is 0 Å². The molecule has 0 unspecified atom stereocenters. The Labute approximate surface area is 140 Å². The van der Waals surface area contributed by atoms with Gasteiger partial charge in [0.1, 0.15) is 5.82 Å². The summed E-state index contributed by atoms with van der Waals surface area (Å²) in [5.41, 5.74) is 3.19. The van der Waals surface area contributed by atoms with Crippen molar-refractivity contribution in [2.45, 2.75) is 13.1 Å². The summed E-state index contributed by atoms with van der Waals surface area (Å²) in [7, 11) is 2.01. The SMILES string of the molecule is Cn1c(CN(CCO)Cc2ccccc2)nc2cc(Cl)ccc21. The van der Waals surface area contributed by atoms with E-state index in [9.17, 15) is 5.11 Å². The van der Waals surface area contributed by atoms with Crippen LogP contribution in [0.2, 0.25) is 5.02 Å². The average Bonchev–Trinajstić information content (AvgIpc) is 2.84. The molecule has 0 radical (unpaired) electrons. The number of benzene rings is 2. The molecule has 120 valence electrons. The van der Waals surface area contributed by atoms with Crippen LogP contribution in [0, 0.1) is 0 Å². The van der Waals surface area contributed by atoms with Crippen LogP contribution >= 0.6 is 11.6 Å². The second-order valence-corrected chi connectivity index (χ2v) is 6.08. The van der Waals surface area contributed by atoms with E-state index in [1.807, 2.05) is 43.4 Å². The number of rotatable bonds is 6. The standard InChI is InChI=1S/C18H20ClN3O/c1-21-17-8-7-15(19)11-16(17)20-18(21)13-22(9-10-23)12-14-5-3-2-4-6-14/h2-8,11,23H,9-10,12-13H2,1H3. The molecule has 0 aliphatic rings. The predicted octanol–water partition coefficient (Wildman–Crippen LogP) is 3.22. The van der Waals surface area contributed by atoms with Gasteiger partial charge in [-0.05, 0) is 23.8 Å². The fraction of sp³-hybridized carbons (Fsp3) is 0.278. The van der Waals surface area contributed by atoms with Crippen LogP contribution in [0.15, 0.2) is 48.5 Å². The van der Waals surface area contributed by atoms with Gasteiger partial charge in [-0.3, -0.25) is 4.90 Å². The van der Waals surface area contributed by atoms with E-state index in [2.05, 4.69) is 21.6 Å². The number of aromatic nitrogens is 2. The molecule has 0 aliphatic carbocycles. The summed E-state index contributed by atoms with van der Waals surface area (Å²) >= 11 is 6.05. The molecule has 0 atom stereocenters. The summed E-state index contributed by atoms with van der Waals surface area (Å²) in [5, 5.41) is 10.0. The Kier molecular flexibility index (Phi) is 4.96. The Hall–Kier alpha value is -1.88. The Morgan fingerprint density at radius 3 is 2.65 bits per heavy atom. The first-order valence-corrected chi connectivity index (χ1v) is 8.03. The quantitative estimate of drug-likeness (QED) is 0.755. The van der Waals surface area contributed by atoms with Gasteiger partial charge in [-0.25, -0.2) is 4.98 Å².